The number of amides is 1. The first-order chi connectivity index (χ1) is 8.28. The van der Waals surface area contributed by atoms with Crippen molar-refractivity contribution >= 4 is 44.0 Å². The highest BCUT2D eigenvalue weighted by Gasteiger charge is 2.15. The summed E-state index contributed by atoms with van der Waals surface area (Å²) in [5.74, 6) is -0.464. The van der Waals surface area contributed by atoms with Gasteiger partial charge in [-0.3, -0.25) is 4.79 Å². The average Bonchev–Trinajstić information content (AvgIpc) is 2.28. The Hall–Kier alpha value is -0.670. The highest BCUT2D eigenvalue weighted by Crippen LogP contribution is 2.11. The van der Waals surface area contributed by atoms with Gasteiger partial charge in [0.05, 0.1) is 11.8 Å². The van der Waals surface area contributed by atoms with Gasteiger partial charge in [0, 0.05) is 15.5 Å². The second-order valence-corrected chi connectivity index (χ2v) is 7.53. The van der Waals surface area contributed by atoms with Crippen molar-refractivity contribution in [1.82, 2.24) is 0 Å². The maximum atomic E-state index is 11.7. The molecule has 100 valence electrons. The Morgan fingerprint density at radius 1 is 1.39 bits per heavy atom. The molecule has 1 aromatic rings. The van der Waals surface area contributed by atoms with E-state index in [4.69, 9.17) is 5.73 Å². The lowest BCUT2D eigenvalue weighted by molar-refractivity contribution is -0.117. The van der Waals surface area contributed by atoms with E-state index in [1.807, 2.05) is 12.1 Å². The minimum Gasteiger partial charge on any atom is -0.325 e. The van der Waals surface area contributed by atoms with Crippen LogP contribution in [0.1, 0.15) is 6.42 Å². The third kappa shape index (κ3) is 5.78. The van der Waals surface area contributed by atoms with Gasteiger partial charge in [0.25, 0.3) is 0 Å². The molecule has 18 heavy (non-hydrogen) atoms. The van der Waals surface area contributed by atoms with Crippen molar-refractivity contribution in [1.29, 1.82) is 0 Å². The summed E-state index contributed by atoms with van der Waals surface area (Å²) in [6, 6.07) is 6.43. The zero-order valence-electron chi connectivity index (χ0n) is 9.89. The first-order valence-corrected chi connectivity index (χ1v) is 8.41. The number of hydrogen-bond donors (Lipinski definition) is 2. The number of hydrogen-bond acceptors (Lipinski definition) is 4. The molecule has 7 heteroatoms. The molecule has 0 spiro atoms. The van der Waals surface area contributed by atoms with Crippen LogP contribution in [0, 0.1) is 3.57 Å². The molecular formula is C11H15IN2O3S. The lowest BCUT2D eigenvalue weighted by Crippen LogP contribution is -2.37. The zero-order chi connectivity index (χ0) is 13.8. The van der Waals surface area contributed by atoms with Crippen molar-refractivity contribution in [3.63, 3.8) is 0 Å². The molecule has 0 saturated heterocycles. The molecule has 1 rings (SSSR count). The number of benzene rings is 1. The van der Waals surface area contributed by atoms with Crippen LogP contribution in [-0.2, 0) is 14.6 Å². The van der Waals surface area contributed by atoms with Gasteiger partial charge in [-0.1, -0.05) is 0 Å². The van der Waals surface area contributed by atoms with Crippen LogP contribution >= 0.6 is 22.6 Å². The molecule has 0 aliphatic rings. The smallest absolute Gasteiger partial charge is 0.241 e. The number of anilines is 1. The molecule has 0 heterocycles. The minimum atomic E-state index is -3.09. The Morgan fingerprint density at radius 3 is 2.44 bits per heavy atom. The largest absolute Gasteiger partial charge is 0.325 e. The fourth-order valence-electron chi connectivity index (χ4n) is 1.24. The van der Waals surface area contributed by atoms with E-state index in [1.54, 1.807) is 12.1 Å². The second-order valence-electron chi connectivity index (χ2n) is 4.02. The number of halogens is 1. The lowest BCUT2D eigenvalue weighted by atomic mass is 10.2. The summed E-state index contributed by atoms with van der Waals surface area (Å²) in [6.07, 6.45) is 1.24. The number of carbonyl (C=O) groups excluding carboxylic acids is 1. The Bertz CT molecular complexity index is 514. The van der Waals surface area contributed by atoms with Crippen LogP contribution in [0.4, 0.5) is 5.69 Å². The number of nitrogens with two attached hydrogens (primary N) is 1. The standard InChI is InChI=1S/C11H15IN2O3S/c1-18(16,17)7-6-10(13)11(15)14-9-4-2-8(12)3-5-9/h2-5,10H,6-7,13H2,1H3,(H,14,15). The molecule has 1 amide bonds. The van der Waals surface area contributed by atoms with E-state index in [9.17, 15) is 13.2 Å². The Balaban J connectivity index is 2.52. The fourth-order valence-corrected chi connectivity index (χ4v) is 2.28. The summed E-state index contributed by atoms with van der Waals surface area (Å²) in [5.41, 5.74) is 6.27. The maximum Gasteiger partial charge on any atom is 0.241 e. The molecule has 0 radical (unpaired) electrons. The molecule has 1 unspecified atom stereocenters. The average molecular weight is 382 g/mol. The first kappa shape index (κ1) is 15.4. The van der Waals surface area contributed by atoms with Crippen molar-refractivity contribution in [2.45, 2.75) is 12.5 Å². The van der Waals surface area contributed by atoms with Crippen molar-refractivity contribution in [2.75, 3.05) is 17.3 Å². The Labute approximate surface area is 120 Å². The highest BCUT2D eigenvalue weighted by molar-refractivity contribution is 14.1. The Morgan fingerprint density at radius 2 is 1.94 bits per heavy atom. The van der Waals surface area contributed by atoms with Crippen molar-refractivity contribution in [2.24, 2.45) is 5.73 Å². The van der Waals surface area contributed by atoms with Crippen molar-refractivity contribution in [3.8, 4) is 0 Å². The monoisotopic (exact) mass is 382 g/mol. The van der Waals surface area contributed by atoms with Gasteiger partial charge in [-0.05, 0) is 53.3 Å². The number of sulfone groups is 1. The molecule has 1 aromatic carbocycles. The van der Waals surface area contributed by atoms with Crippen molar-refractivity contribution in [3.05, 3.63) is 27.8 Å². The SMILES string of the molecule is CS(=O)(=O)CCC(N)C(=O)Nc1ccc(I)cc1. The lowest BCUT2D eigenvalue weighted by Gasteiger charge is -2.11. The van der Waals surface area contributed by atoms with Gasteiger partial charge >= 0.3 is 0 Å². The molecular weight excluding hydrogens is 367 g/mol. The molecule has 0 bridgehead atoms. The normalized spacial score (nSPS) is 13.1. The molecule has 0 aromatic heterocycles. The zero-order valence-corrected chi connectivity index (χ0v) is 12.9. The van der Waals surface area contributed by atoms with Crippen molar-refractivity contribution < 1.29 is 13.2 Å². The van der Waals surface area contributed by atoms with E-state index < -0.39 is 15.9 Å². The molecule has 0 saturated carbocycles. The minimum absolute atomic E-state index is 0.0890. The van der Waals surface area contributed by atoms with E-state index >= 15 is 0 Å². The highest BCUT2D eigenvalue weighted by atomic mass is 127. The van der Waals surface area contributed by atoms with Gasteiger partial charge in [-0.2, -0.15) is 0 Å². The molecule has 0 aliphatic heterocycles. The van der Waals surface area contributed by atoms with E-state index in [2.05, 4.69) is 27.9 Å². The summed E-state index contributed by atoms with van der Waals surface area (Å²) in [6.45, 7) is 0. The van der Waals surface area contributed by atoms with Gasteiger partial charge in [-0.15, -0.1) is 0 Å². The van der Waals surface area contributed by atoms with Crippen LogP contribution in [0.2, 0.25) is 0 Å². The molecule has 0 aliphatic carbocycles. The molecule has 0 fully saturated rings. The van der Waals surface area contributed by atoms with Gasteiger partial charge in [0.15, 0.2) is 0 Å². The van der Waals surface area contributed by atoms with Gasteiger partial charge < -0.3 is 11.1 Å². The van der Waals surface area contributed by atoms with Crippen LogP contribution in [0.25, 0.3) is 0 Å². The van der Waals surface area contributed by atoms with Crippen LogP contribution in [-0.4, -0.2) is 32.4 Å². The quantitative estimate of drug-likeness (QED) is 0.744. The summed E-state index contributed by atoms with van der Waals surface area (Å²) in [7, 11) is -3.09. The van der Waals surface area contributed by atoms with Crippen LogP contribution < -0.4 is 11.1 Å². The van der Waals surface area contributed by atoms with Crippen LogP contribution in [0.15, 0.2) is 24.3 Å². The van der Waals surface area contributed by atoms with Crippen LogP contribution in [0.3, 0.4) is 0 Å². The second kappa shape index (κ2) is 6.48. The third-order valence-electron chi connectivity index (χ3n) is 2.25. The molecule has 1 atom stereocenters. The van der Waals surface area contributed by atoms with Gasteiger partial charge in [0.1, 0.15) is 9.84 Å². The van der Waals surface area contributed by atoms with Gasteiger partial charge in [-0.25, -0.2) is 8.42 Å². The predicted molar refractivity (Wildman–Crippen MR) is 80.1 cm³/mol. The fraction of sp³-hybridized carbons (Fsp3) is 0.364. The predicted octanol–water partition coefficient (Wildman–Crippen LogP) is 0.992. The maximum absolute atomic E-state index is 11.7. The third-order valence-corrected chi connectivity index (χ3v) is 3.94. The number of rotatable bonds is 5. The van der Waals surface area contributed by atoms with E-state index in [-0.39, 0.29) is 18.1 Å². The number of nitrogens with one attached hydrogen (secondary N) is 1. The summed E-state index contributed by atoms with van der Waals surface area (Å²) >= 11 is 2.16. The van der Waals surface area contributed by atoms with Gasteiger partial charge in [0.2, 0.25) is 5.91 Å². The number of carbonyl (C=O) groups is 1. The molecule has 3 N–H and O–H groups in total. The topological polar surface area (TPSA) is 89.3 Å². The molecule has 5 nitrogen and oxygen atoms in total. The first-order valence-electron chi connectivity index (χ1n) is 5.27. The Kier molecular flexibility index (Phi) is 5.54. The van der Waals surface area contributed by atoms with Crippen LogP contribution in [0.5, 0.6) is 0 Å². The van der Waals surface area contributed by atoms with E-state index in [0.717, 1.165) is 9.83 Å². The van der Waals surface area contributed by atoms with E-state index in [1.165, 1.54) is 0 Å². The summed E-state index contributed by atoms with van der Waals surface area (Å²) in [4.78, 5) is 11.7. The van der Waals surface area contributed by atoms with E-state index in [0.29, 0.717) is 5.69 Å². The summed E-state index contributed by atoms with van der Waals surface area (Å²) < 4.78 is 23.0. The summed E-state index contributed by atoms with van der Waals surface area (Å²) in [5, 5.41) is 2.64.